The third-order valence-electron chi connectivity index (χ3n) is 4.53. The molecule has 9 heteroatoms. The zero-order valence-electron chi connectivity index (χ0n) is 17.9. The molecule has 0 fully saturated rings. The molecule has 0 saturated heterocycles. The Morgan fingerprint density at radius 1 is 1.09 bits per heavy atom. The van der Waals surface area contributed by atoms with Crippen LogP contribution in [-0.4, -0.2) is 25.1 Å². The number of benzene rings is 3. The van der Waals surface area contributed by atoms with Gasteiger partial charge < -0.3 is 14.8 Å². The van der Waals surface area contributed by atoms with Crippen LogP contribution < -0.4 is 20.2 Å². The first-order valence-electron chi connectivity index (χ1n) is 9.82. The van der Waals surface area contributed by atoms with E-state index in [4.69, 9.17) is 21.1 Å². The number of nitrogens with zero attached hydrogens (tertiary/aromatic N) is 1. The lowest BCUT2D eigenvalue weighted by molar-refractivity contribution is -0.136. The third kappa shape index (κ3) is 6.81. The minimum absolute atomic E-state index is 0.308. The summed E-state index contributed by atoms with van der Waals surface area (Å²) in [5, 5.41) is 6.84. The number of nitrogens with one attached hydrogen (secondary N) is 2. The molecule has 0 bridgehead atoms. The highest BCUT2D eigenvalue weighted by molar-refractivity contribution is 9.10. The number of halogens is 2. The van der Waals surface area contributed by atoms with Crippen LogP contribution in [0.15, 0.2) is 70.2 Å². The SMILES string of the molecule is COc1cccc(/C=N\NC(=O)C(=O)Nc2ccc(C)c(Cl)c2)c1OCc1ccc(Br)cc1. The van der Waals surface area contributed by atoms with E-state index in [1.54, 1.807) is 36.4 Å². The maximum atomic E-state index is 12.1. The first kappa shape index (κ1) is 24.3. The number of ether oxygens (including phenoxy) is 2. The molecule has 3 aromatic carbocycles. The molecular weight excluding hydrogens is 510 g/mol. The Kier molecular flexibility index (Phi) is 8.46. The van der Waals surface area contributed by atoms with Crippen molar-refractivity contribution in [3.05, 3.63) is 86.8 Å². The predicted octanol–water partition coefficient (Wildman–Crippen LogP) is 5.09. The summed E-state index contributed by atoms with van der Waals surface area (Å²) < 4.78 is 12.3. The Morgan fingerprint density at radius 3 is 2.55 bits per heavy atom. The zero-order valence-corrected chi connectivity index (χ0v) is 20.2. The fraction of sp³-hybridized carbons (Fsp3) is 0.125. The standard InChI is InChI=1S/C24H21BrClN3O4/c1-15-6-11-19(12-20(15)26)28-23(30)24(31)29-27-13-17-4-3-5-21(32-2)22(17)33-14-16-7-9-18(25)10-8-16/h3-13H,14H2,1-2H3,(H,28,30)(H,29,31)/b27-13-. The Balaban J connectivity index is 1.65. The van der Waals surface area contributed by atoms with Gasteiger partial charge in [-0.05, 0) is 54.4 Å². The number of amides is 2. The minimum atomic E-state index is -0.928. The zero-order chi connectivity index (χ0) is 23.8. The number of carbonyl (C=O) groups excluding carboxylic acids is 2. The third-order valence-corrected chi connectivity index (χ3v) is 5.47. The highest BCUT2D eigenvalue weighted by Crippen LogP contribution is 2.31. The van der Waals surface area contributed by atoms with Crippen LogP contribution in [-0.2, 0) is 16.2 Å². The Bertz CT molecular complexity index is 1180. The summed E-state index contributed by atoms with van der Waals surface area (Å²) in [5.41, 5.74) is 5.01. The molecule has 0 heterocycles. The van der Waals surface area contributed by atoms with Crippen LogP contribution in [0.25, 0.3) is 0 Å². The van der Waals surface area contributed by atoms with Crippen LogP contribution in [0.2, 0.25) is 5.02 Å². The maximum Gasteiger partial charge on any atom is 0.329 e. The second-order valence-corrected chi connectivity index (χ2v) is 8.23. The summed E-state index contributed by atoms with van der Waals surface area (Å²) in [5.74, 6) is -0.830. The van der Waals surface area contributed by atoms with Crippen molar-refractivity contribution in [3.63, 3.8) is 0 Å². The van der Waals surface area contributed by atoms with Crippen LogP contribution in [0.5, 0.6) is 11.5 Å². The van der Waals surface area contributed by atoms with Crippen LogP contribution in [0, 0.1) is 6.92 Å². The Labute approximate surface area is 204 Å². The van der Waals surface area contributed by atoms with E-state index in [9.17, 15) is 9.59 Å². The molecule has 0 aliphatic heterocycles. The monoisotopic (exact) mass is 529 g/mol. The van der Waals surface area contributed by atoms with Gasteiger partial charge in [-0.15, -0.1) is 0 Å². The first-order chi connectivity index (χ1) is 15.9. The molecule has 3 aromatic rings. The number of para-hydroxylation sites is 1. The van der Waals surface area contributed by atoms with Gasteiger partial charge in [0, 0.05) is 20.7 Å². The summed E-state index contributed by atoms with van der Waals surface area (Å²) in [7, 11) is 1.53. The van der Waals surface area contributed by atoms with E-state index in [0.717, 1.165) is 15.6 Å². The van der Waals surface area contributed by atoms with Crippen molar-refractivity contribution in [2.45, 2.75) is 13.5 Å². The van der Waals surface area contributed by atoms with E-state index < -0.39 is 11.8 Å². The molecule has 3 rings (SSSR count). The van der Waals surface area contributed by atoms with Crippen LogP contribution >= 0.6 is 27.5 Å². The van der Waals surface area contributed by atoms with E-state index in [0.29, 0.717) is 34.4 Å². The molecule has 0 spiro atoms. The smallest absolute Gasteiger partial charge is 0.329 e. The lowest BCUT2D eigenvalue weighted by Crippen LogP contribution is -2.32. The van der Waals surface area contributed by atoms with Gasteiger partial charge in [-0.1, -0.05) is 51.8 Å². The largest absolute Gasteiger partial charge is 0.493 e. The summed E-state index contributed by atoms with van der Waals surface area (Å²) in [6, 6.07) is 18.0. The highest BCUT2D eigenvalue weighted by Gasteiger charge is 2.14. The van der Waals surface area contributed by atoms with Crippen molar-refractivity contribution in [1.82, 2.24) is 5.43 Å². The van der Waals surface area contributed by atoms with Crippen LogP contribution in [0.4, 0.5) is 5.69 Å². The fourth-order valence-corrected chi connectivity index (χ4v) is 3.20. The molecule has 2 N–H and O–H groups in total. The van der Waals surface area contributed by atoms with Crippen molar-refractivity contribution < 1.29 is 19.1 Å². The maximum absolute atomic E-state index is 12.1. The number of anilines is 1. The van der Waals surface area contributed by atoms with Gasteiger partial charge in [-0.2, -0.15) is 5.10 Å². The number of aryl methyl sites for hydroxylation is 1. The molecule has 0 radical (unpaired) electrons. The van der Waals surface area contributed by atoms with E-state index >= 15 is 0 Å². The predicted molar refractivity (Wildman–Crippen MR) is 132 cm³/mol. The van der Waals surface area contributed by atoms with Gasteiger partial charge in [0.25, 0.3) is 0 Å². The van der Waals surface area contributed by atoms with Crippen molar-refractivity contribution in [3.8, 4) is 11.5 Å². The van der Waals surface area contributed by atoms with Gasteiger partial charge in [-0.25, -0.2) is 5.43 Å². The quantitative estimate of drug-likeness (QED) is 0.253. The number of hydrogen-bond donors (Lipinski definition) is 2. The Morgan fingerprint density at radius 2 is 1.85 bits per heavy atom. The van der Waals surface area contributed by atoms with E-state index in [2.05, 4.69) is 31.8 Å². The van der Waals surface area contributed by atoms with E-state index in [1.165, 1.54) is 13.3 Å². The van der Waals surface area contributed by atoms with E-state index in [1.807, 2.05) is 31.2 Å². The number of rotatable bonds is 7. The van der Waals surface area contributed by atoms with Crippen molar-refractivity contribution in [1.29, 1.82) is 0 Å². The second-order valence-electron chi connectivity index (χ2n) is 6.91. The van der Waals surface area contributed by atoms with Gasteiger partial charge in [-0.3, -0.25) is 9.59 Å². The van der Waals surface area contributed by atoms with Crippen molar-refractivity contribution >= 4 is 51.2 Å². The normalized spacial score (nSPS) is 10.7. The van der Waals surface area contributed by atoms with Gasteiger partial charge in [0.1, 0.15) is 6.61 Å². The Hall–Kier alpha value is -3.36. The molecule has 0 unspecified atom stereocenters. The van der Waals surface area contributed by atoms with Gasteiger partial charge in [0.05, 0.1) is 13.3 Å². The molecule has 7 nitrogen and oxygen atoms in total. The summed E-state index contributed by atoms with van der Waals surface area (Å²) in [4.78, 5) is 24.2. The molecule has 33 heavy (non-hydrogen) atoms. The molecule has 2 amide bonds. The first-order valence-corrected chi connectivity index (χ1v) is 11.0. The molecule has 0 aliphatic carbocycles. The van der Waals surface area contributed by atoms with Crippen molar-refractivity contribution in [2.24, 2.45) is 5.10 Å². The number of methoxy groups -OCH3 is 1. The van der Waals surface area contributed by atoms with Gasteiger partial charge in [0.15, 0.2) is 11.5 Å². The van der Waals surface area contributed by atoms with E-state index in [-0.39, 0.29) is 0 Å². The minimum Gasteiger partial charge on any atom is -0.493 e. The molecule has 0 atom stereocenters. The second kappa shape index (κ2) is 11.5. The van der Waals surface area contributed by atoms with Crippen LogP contribution in [0.1, 0.15) is 16.7 Å². The average molecular weight is 531 g/mol. The highest BCUT2D eigenvalue weighted by atomic mass is 79.9. The summed E-state index contributed by atoms with van der Waals surface area (Å²) in [6.07, 6.45) is 1.38. The molecular formula is C24H21BrClN3O4. The lowest BCUT2D eigenvalue weighted by atomic mass is 10.2. The number of hydrogen-bond acceptors (Lipinski definition) is 5. The number of carbonyl (C=O) groups is 2. The average Bonchev–Trinajstić information content (AvgIpc) is 2.81. The van der Waals surface area contributed by atoms with Gasteiger partial charge >= 0.3 is 11.8 Å². The summed E-state index contributed by atoms with van der Waals surface area (Å²) in [6.45, 7) is 2.15. The van der Waals surface area contributed by atoms with Crippen LogP contribution in [0.3, 0.4) is 0 Å². The molecule has 0 saturated carbocycles. The summed E-state index contributed by atoms with van der Waals surface area (Å²) >= 11 is 9.44. The topological polar surface area (TPSA) is 89.0 Å². The van der Waals surface area contributed by atoms with Gasteiger partial charge in [0.2, 0.25) is 0 Å². The number of hydrazone groups is 1. The molecule has 170 valence electrons. The molecule has 0 aromatic heterocycles. The fourth-order valence-electron chi connectivity index (χ4n) is 2.76. The lowest BCUT2D eigenvalue weighted by Gasteiger charge is -2.13. The molecule has 0 aliphatic rings. The van der Waals surface area contributed by atoms with Crippen molar-refractivity contribution in [2.75, 3.05) is 12.4 Å².